The summed E-state index contributed by atoms with van der Waals surface area (Å²) in [6, 6.07) is 9.34. The molecule has 5 N–H and O–H groups in total. The number of nitrogens with zero attached hydrogens (tertiary/aromatic N) is 1. The number of allylic oxidation sites excluding steroid dienone is 4. The van der Waals surface area contributed by atoms with E-state index in [2.05, 4.69) is 9.89 Å². The minimum atomic E-state index is -4.34. The lowest BCUT2D eigenvalue weighted by Gasteiger charge is -2.20. The third-order valence-corrected chi connectivity index (χ3v) is 9.65. The van der Waals surface area contributed by atoms with Crippen LogP contribution in [0.25, 0.3) is 0 Å². The number of primary sulfonamides is 1. The molecule has 0 radical (unpaired) electrons. The minimum absolute atomic E-state index is 0.0389. The molecule has 10 nitrogen and oxygen atoms in total. The van der Waals surface area contributed by atoms with E-state index in [0.29, 0.717) is 13.0 Å². The number of carbonyl (C=O) groups is 1. The summed E-state index contributed by atoms with van der Waals surface area (Å²) >= 11 is 0. The zero-order valence-corrected chi connectivity index (χ0v) is 25.1. The summed E-state index contributed by atoms with van der Waals surface area (Å²) in [7, 11) is -8.23. The standard InChI is InChI=1S/C29H35N3O7S2/c1-28(2)21-18-20(41(37,38)39)12-14-23(21)31-25(28)9-8-10-26-29(3,4)22-17-19(40(30,35)36)13-15-24(22)32(26)16-7-5-6-11-27(33)34/h8-10,12-15,17-18H,5-7,11,16H2,1-4H3,(H4,30,33,34,35,36,37,38,39)/p+1. The first kappa shape index (κ1) is 30.6. The number of nitrogens with two attached hydrogens (primary N) is 1. The van der Waals surface area contributed by atoms with Gasteiger partial charge < -0.3 is 10.4 Å². The van der Waals surface area contributed by atoms with E-state index in [9.17, 15) is 26.2 Å². The Morgan fingerprint density at radius 1 is 0.951 bits per heavy atom. The maximum absolute atomic E-state index is 12.1. The highest BCUT2D eigenvalue weighted by Gasteiger charge is 2.44. The fourth-order valence-corrected chi connectivity index (χ4v) is 6.58. The second kappa shape index (κ2) is 10.8. The van der Waals surface area contributed by atoms with E-state index in [1.54, 1.807) is 18.2 Å². The predicted molar refractivity (Wildman–Crippen MR) is 157 cm³/mol. The van der Waals surface area contributed by atoms with Gasteiger partial charge in [0.15, 0.2) is 5.71 Å². The number of hydrogen-bond donors (Lipinski definition) is 4. The van der Waals surface area contributed by atoms with Crippen LogP contribution in [-0.2, 0) is 35.8 Å². The molecular weight excluding hydrogens is 566 g/mol. The Hall–Kier alpha value is -3.32. The average Bonchev–Trinajstić information content (AvgIpc) is 3.23. The highest BCUT2D eigenvalue weighted by Crippen LogP contribution is 2.44. The predicted octanol–water partition coefficient (Wildman–Crippen LogP) is 4.45. The molecule has 0 aliphatic carbocycles. The molecule has 2 aliphatic rings. The summed E-state index contributed by atoms with van der Waals surface area (Å²) in [5.74, 6) is -0.823. The number of carboxylic acid groups (broad SMARTS) is 1. The van der Waals surface area contributed by atoms with Crippen molar-refractivity contribution in [2.24, 2.45) is 5.14 Å². The topological polar surface area (TPSA) is 167 Å². The first-order valence-corrected chi connectivity index (χ1v) is 16.2. The number of benzene rings is 2. The Kier molecular flexibility index (Phi) is 8.09. The quantitative estimate of drug-likeness (QED) is 0.176. The Labute approximate surface area is 241 Å². The number of sulfonamides is 1. The number of rotatable bonds is 10. The molecule has 0 fully saturated rings. The van der Waals surface area contributed by atoms with Crippen LogP contribution in [0.3, 0.4) is 0 Å². The fourth-order valence-electron chi connectivity index (χ4n) is 5.54. The first-order valence-electron chi connectivity index (χ1n) is 13.3. The van der Waals surface area contributed by atoms with Gasteiger partial charge in [-0.3, -0.25) is 9.35 Å². The van der Waals surface area contributed by atoms with Crippen LogP contribution in [0.4, 0.5) is 11.4 Å². The highest BCUT2D eigenvalue weighted by molar-refractivity contribution is 7.89. The van der Waals surface area contributed by atoms with Crippen molar-refractivity contribution in [2.75, 3.05) is 11.9 Å². The number of unbranched alkanes of at least 4 members (excludes halogenated alkanes) is 2. The fraction of sp³-hybridized carbons (Fsp3) is 0.379. The second-order valence-electron chi connectivity index (χ2n) is 11.5. The van der Waals surface area contributed by atoms with Gasteiger partial charge in [-0.15, -0.1) is 0 Å². The van der Waals surface area contributed by atoms with Crippen LogP contribution in [0.5, 0.6) is 0 Å². The zero-order chi connectivity index (χ0) is 30.4. The van der Waals surface area contributed by atoms with Crippen LogP contribution in [0, 0.1) is 0 Å². The molecular formula is C29H36N3O7S2+. The molecule has 0 amide bonds. The molecule has 2 heterocycles. The van der Waals surface area contributed by atoms with Gasteiger partial charge in [0.05, 0.1) is 15.2 Å². The van der Waals surface area contributed by atoms with Crippen molar-refractivity contribution in [1.29, 1.82) is 0 Å². The van der Waals surface area contributed by atoms with Gasteiger partial charge in [-0.1, -0.05) is 19.9 Å². The Bertz CT molecular complexity index is 1720. The second-order valence-corrected chi connectivity index (χ2v) is 14.4. The van der Waals surface area contributed by atoms with E-state index < -0.39 is 36.9 Å². The normalized spacial score (nSPS) is 18.5. The summed E-state index contributed by atoms with van der Waals surface area (Å²) in [6.45, 7) is 8.57. The largest absolute Gasteiger partial charge is 0.481 e. The molecule has 4 rings (SSSR count). The summed E-state index contributed by atoms with van der Waals surface area (Å²) in [4.78, 5) is 10.8. The van der Waals surface area contributed by atoms with Crippen LogP contribution in [0.1, 0.15) is 64.5 Å². The number of carboxylic acids is 1. The van der Waals surface area contributed by atoms with Gasteiger partial charge in [0, 0.05) is 47.3 Å². The van der Waals surface area contributed by atoms with Crippen LogP contribution < -0.4 is 10.5 Å². The number of aliphatic carboxylic acids is 1. The zero-order valence-electron chi connectivity index (χ0n) is 23.5. The molecule has 0 atom stereocenters. The molecule has 0 aromatic heterocycles. The van der Waals surface area contributed by atoms with Gasteiger partial charge in [-0.25, -0.2) is 13.6 Å². The number of fused-ring (bicyclic) bond motifs is 2. The molecule has 2 aliphatic heterocycles. The summed E-state index contributed by atoms with van der Waals surface area (Å²) in [6.07, 6.45) is 7.96. The maximum Gasteiger partial charge on any atom is 0.303 e. The smallest absolute Gasteiger partial charge is 0.303 e. The van der Waals surface area contributed by atoms with E-state index in [1.807, 2.05) is 45.9 Å². The van der Waals surface area contributed by atoms with Crippen molar-refractivity contribution in [3.63, 3.8) is 0 Å². The third kappa shape index (κ3) is 6.15. The lowest BCUT2D eigenvalue weighted by atomic mass is 9.81. The minimum Gasteiger partial charge on any atom is -0.481 e. The molecule has 41 heavy (non-hydrogen) atoms. The highest BCUT2D eigenvalue weighted by atomic mass is 32.2. The molecule has 0 unspecified atom stereocenters. The Morgan fingerprint density at radius 2 is 1.61 bits per heavy atom. The molecule has 12 heteroatoms. The monoisotopic (exact) mass is 602 g/mol. The summed E-state index contributed by atoms with van der Waals surface area (Å²) in [5, 5.41) is 17.7. The van der Waals surface area contributed by atoms with Crippen molar-refractivity contribution < 1.29 is 35.9 Å². The van der Waals surface area contributed by atoms with E-state index >= 15 is 0 Å². The number of hydrogen-bond acceptors (Lipinski definition) is 6. The molecule has 0 saturated carbocycles. The van der Waals surface area contributed by atoms with E-state index in [4.69, 9.17) is 10.2 Å². The van der Waals surface area contributed by atoms with Gasteiger partial charge in [0.25, 0.3) is 10.1 Å². The maximum atomic E-state index is 12.1. The number of nitrogens with one attached hydrogen (secondary N) is 1. The van der Waals surface area contributed by atoms with Crippen LogP contribution >= 0.6 is 0 Å². The Balaban J connectivity index is 1.69. The molecule has 2 aromatic carbocycles. The van der Waals surface area contributed by atoms with E-state index in [0.717, 1.165) is 46.8 Å². The van der Waals surface area contributed by atoms with Crippen molar-refractivity contribution in [2.45, 2.75) is 74.0 Å². The Morgan fingerprint density at radius 3 is 2.24 bits per heavy atom. The van der Waals surface area contributed by atoms with E-state index in [1.165, 1.54) is 18.2 Å². The summed E-state index contributed by atoms with van der Waals surface area (Å²) in [5.41, 5.74) is 3.85. The van der Waals surface area contributed by atoms with Gasteiger partial charge in [0.1, 0.15) is 6.54 Å². The molecule has 2 aromatic rings. The third-order valence-electron chi connectivity index (χ3n) is 7.89. The lowest BCUT2D eigenvalue weighted by Crippen LogP contribution is -2.28. The van der Waals surface area contributed by atoms with Crippen LogP contribution in [0.15, 0.2) is 70.1 Å². The van der Waals surface area contributed by atoms with Crippen molar-refractivity contribution in [3.05, 3.63) is 71.5 Å². The molecule has 220 valence electrons. The van der Waals surface area contributed by atoms with Gasteiger partial charge in [0.2, 0.25) is 15.7 Å². The first-order chi connectivity index (χ1) is 18.9. The van der Waals surface area contributed by atoms with Crippen molar-refractivity contribution in [3.8, 4) is 0 Å². The van der Waals surface area contributed by atoms with E-state index in [-0.39, 0.29) is 16.2 Å². The molecule has 0 spiro atoms. The van der Waals surface area contributed by atoms with Gasteiger partial charge in [-0.05, 0) is 68.7 Å². The summed E-state index contributed by atoms with van der Waals surface area (Å²) < 4.78 is 59.2. The molecule has 0 saturated heterocycles. The SMILES string of the molecule is CC1(C)C(/C=C/C=C2\Nc3ccc(S(=O)(=O)O)cc3C2(C)C)=[N+](CCCCCC(=O)O)c2ccc(S(N)(=O)=O)cc21. The van der Waals surface area contributed by atoms with Gasteiger partial charge in [-0.2, -0.15) is 13.0 Å². The van der Waals surface area contributed by atoms with Crippen LogP contribution in [-0.4, -0.2) is 49.3 Å². The van der Waals surface area contributed by atoms with Crippen LogP contribution in [0.2, 0.25) is 0 Å². The molecule has 0 bridgehead atoms. The number of anilines is 1. The lowest BCUT2D eigenvalue weighted by molar-refractivity contribution is -0.438. The van der Waals surface area contributed by atoms with Crippen molar-refractivity contribution in [1.82, 2.24) is 0 Å². The average molecular weight is 603 g/mol. The van der Waals surface area contributed by atoms with Gasteiger partial charge >= 0.3 is 5.97 Å². The van der Waals surface area contributed by atoms with Crippen molar-refractivity contribution >= 4 is 43.2 Å².